The zero-order valence-corrected chi connectivity index (χ0v) is 11.5. The summed E-state index contributed by atoms with van der Waals surface area (Å²) in [4.78, 5) is 12.5. The number of hydrogen-bond acceptors (Lipinski definition) is 1. The molecule has 0 N–H and O–H groups in total. The lowest BCUT2D eigenvalue weighted by Gasteiger charge is -2.13. The second-order valence-corrected chi connectivity index (χ2v) is 5.32. The van der Waals surface area contributed by atoms with Gasteiger partial charge in [0.05, 0.1) is 0 Å². The molecule has 0 aliphatic heterocycles. The van der Waals surface area contributed by atoms with E-state index >= 15 is 0 Å². The van der Waals surface area contributed by atoms with E-state index in [1.165, 1.54) is 5.39 Å². The summed E-state index contributed by atoms with van der Waals surface area (Å²) in [6, 6.07) is 22.5. The average Bonchev–Trinajstić information content (AvgIpc) is 2.54. The Morgan fingerprint density at radius 3 is 2.48 bits per heavy atom. The molecule has 1 nitrogen and oxygen atoms in total. The van der Waals surface area contributed by atoms with Crippen molar-refractivity contribution < 1.29 is 4.79 Å². The van der Waals surface area contributed by atoms with Gasteiger partial charge in [-0.15, -0.1) is 0 Å². The van der Waals surface area contributed by atoms with E-state index in [1.807, 2.05) is 42.5 Å². The lowest BCUT2D eigenvalue weighted by atomic mass is 9.89. The van der Waals surface area contributed by atoms with Crippen LogP contribution < -0.4 is 10.4 Å². The van der Waals surface area contributed by atoms with Crippen LogP contribution in [0.5, 0.6) is 0 Å². The van der Waals surface area contributed by atoms with Crippen LogP contribution in [0.2, 0.25) is 0 Å². The van der Waals surface area contributed by atoms with Gasteiger partial charge in [0.2, 0.25) is 0 Å². The Morgan fingerprint density at radius 2 is 1.52 bits per heavy atom. The molecule has 3 aromatic rings. The third-order valence-corrected chi connectivity index (χ3v) is 4.08. The van der Waals surface area contributed by atoms with Crippen LogP contribution in [0.4, 0.5) is 0 Å². The Bertz CT molecular complexity index is 975. The van der Waals surface area contributed by atoms with Crippen molar-refractivity contribution in [1.82, 2.24) is 0 Å². The summed E-state index contributed by atoms with van der Waals surface area (Å²) in [6.07, 6.45) is 2.50. The summed E-state index contributed by atoms with van der Waals surface area (Å²) in [6.45, 7) is 0. The van der Waals surface area contributed by atoms with Gasteiger partial charge in [0, 0.05) is 12.0 Å². The Kier molecular flexibility index (Phi) is 2.71. The number of carbonyl (C=O) groups is 1. The van der Waals surface area contributed by atoms with E-state index in [4.69, 9.17) is 0 Å². The molecule has 0 radical (unpaired) electrons. The predicted molar refractivity (Wildman–Crippen MR) is 86.2 cm³/mol. The van der Waals surface area contributed by atoms with E-state index in [0.717, 1.165) is 27.0 Å². The van der Waals surface area contributed by atoms with Crippen LogP contribution >= 0.6 is 0 Å². The van der Waals surface area contributed by atoms with Crippen molar-refractivity contribution in [3.8, 4) is 0 Å². The summed E-state index contributed by atoms with van der Waals surface area (Å²) in [5, 5.41) is 4.51. The van der Waals surface area contributed by atoms with Crippen molar-refractivity contribution in [2.24, 2.45) is 0 Å². The quantitative estimate of drug-likeness (QED) is 0.664. The molecular formula is C20H14O. The molecule has 0 heterocycles. The molecule has 0 spiro atoms. The number of fused-ring (bicyclic) bond motifs is 2. The summed E-state index contributed by atoms with van der Waals surface area (Å²) >= 11 is 0. The maximum atomic E-state index is 12.5. The predicted octanol–water partition coefficient (Wildman–Crippen LogP) is 2.79. The molecule has 1 aliphatic carbocycles. The highest BCUT2D eigenvalue weighted by molar-refractivity contribution is 6.25. The standard InChI is InChI=1S/C20H14O/c21-19-13-12-15-7-2-4-10-17(15)20(19)18-11-5-8-14-6-1-3-9-16(14)18/h1-12H,13H2. The fourth-order valence-electron chi connectivity index (χ4n) is 3.10. The average molecular weight is 270 g/mol. The highest BCUT2D eigenvalue weighted by Gasteiger charge is 2.17. The third-order valence-electron chi connectivity index (χ3n) is 4.08. The first-order valence-corrected chi connectivity index (χ1v) is 7.15. The molecule has 1 aliphatic rings. The minimum absolute atomic E-state index is 0.199. The van der Waals surface area contributed by atoms with Gasteiger partial charge in [-0.2, -0.15) is 0 Å². The third kappa shape index (κ3) is 1.90. The zero-order valence-electron chi connectivity index (χ0n) is 11.5. The van der Waals surface area contributed by atoms with Crippen molar-refractivity contribution in [3.05, 3.63) is 82.7 Å². The summed E-state index contributed by atoms with van der Waals surface area (Å²) in [5.41, 5.74) is 1.89. The molecule has 0 fully saturated rings. The van der Waals surface area contributed by atoms with E-state index in [-0.39, 0.29) is 5.78 Å². The molecule has 4 rings (SSSR count). The minimum atomic E-state index is 0.199. The van der Waals surface area contributed by atoms with Gasteiger partial charge in [0.25, 0.3) is 0 Å². The fourth-order valence-corrected chi connectivity index (χ4v) is 3.10. The largest absolute Gasteiger partial charge is 0.294 e. The minimum Gasteiger partial charge on any atom is -0.294 e. The highest BCUT2D eigenvalue weighted by atomic mass is 16.1. The zero-order chi connectivity index (χ0) is 14.2. The van der Waals surface area contributed by atoms with Gasteiger partial charge in [-0.05, 0) is 26.8 Å². The molecular weight excluding hydrogens is 256 g/mol. The van der Waals surface area contributed by atoms with Gasteiger partial charge in [0.1, 0.15) is 0 Å². The van der Waals surface area contributed by atoms with E-state index in [1.54, 1.807) is 0 Å². The smallest absolute Gasteiger partial charge is 0.167 e. The molecule has 1 heteroatoms. The van der Waals surface area contributed by atoms with Crippen molar-refractivity contribution in [1.29, 1.82) is 0 Å². The lowest BCUT2D eigenvalue weighted by molar-refractivity contribution is -0.112. The van der Waals surface area contributed by atoms with Crippen LogP contribution in [-0.2, 0) is 4.79 Å². The van der Waals surface area contributed by atoms with Crippen LogP contribution in [0.25, 0.3) is 22.4 Å². The van der Waals surface area contributed by atoms with Gasteiger partial charge in [-0.3, -0.25) is 4.79 Å². The van der Waals surface area contributed by atoms with Gasteiger partial charge in [-0.1, -0.05) is 72.8 Å². The van der Waals surface area contributed by atoms with Crippen LogP contribution in [0, 0.1) is 0 Å². The number of hydrogen-bond donors (Lipinski definition) is 0. The van der Waals surface area contributed by atoms with Crippen molar-refractivity contribution in [3.63, 3.8) is 0 Å². The van der Waals surface area contributed by atoms with Crippen molar-refractivity contribution in [2.75, 3.05) is 0 Å². The Balaban J connectivity index is 2.18. The molecule has 0 saturated heterocycles. The first-order chi connectivity index (χ1) is 10.3. The van der Waals surface area contributed by atoms with Gasteiger partial charge in [0.15, 0.2) is 5.78 Å². The monoisotopic (exact) mass is 270 g/mol. The number of ketones is 1. The lowest BCUT2D eigenvalue weighted by Crippen LogP contribution is -2.33. The molecule has 3 aromatic carbocycles. The fraction of sp³-hybridized carbons (Fsp3) is 0.0500. The Labute approximate surface area is 122 Å². The van der Waals surface area contributed by atoms with Crippen LogP contribution in [-0.4, -0.2) is 5.78 Å². The van der Waals surface area contributed by atoms with Crippen LogP contribution in [0.15, 0.2) is 66.7 Å². The highest BCUT2D eigenvalue weighted by Crippen LogP contribution is 2.25. The normalized spacial score (nSPS) is 13.9. The SMILES string of the molecule is O=C1CC=c2ccccc2=C1c1cccc2ccccc12. The number of carbonyl (C=O) groups excluding carboxylic acids is 1. The Morgan fingerprint density at radius 1 is 0.762 bits per heavy atom. The summed E-state index contributed by atoms with van der Waals surface area (Å²) in [7, 11) is 0. The Hall–Kier alpha value is -2.67. The number of rotatable bonds is 1. The first kappa shape index (κ1) is 12.1. The van der Waals surface area contributed by atoms with Gasteiger partial charge < -0.3 is 0 Å². The van der Waals surface area contributed by atoms with E-state index < -0.39 is 0 Å². The molecule has 0 unspecified atom stereocenters. The van der Waals surface area contributed by atoms with E-state index in [9.17, 15) is 4.79 Å². The van der Waals surface area contributed by atoms with Crippen LogP contribution in [0.3, 0.4) is 0 Å². The first-order valence-electron chi connectivity index (χ1n) is 7.15. The number of Topliss-reactive ketones (excluding diaryl/α,β-unsaturated/α-hetero) is 1. The van der Waals surface area contributed by atoms with E-state index in [0.29, 0.717) is 6.42 Å². The molecule has 21 heavy (non-hydrogen) atoms. The molecule has 100 valence electrons. The molecule has 0 saturated carbocycles. The molecule has 0 bridgehead atoms. The number of benzene rings is 3. The topological polar surface area (TPSA) is 17.1 Å². The van der Waals surface area contributed by atoms with Crippen molar-refractivity contribution in [2.45, 2.75) is 6.42 Å². The summed E-state index contributed by atoms with van der Waals surface area (Å²) < 4.78 is 0. The second kappa shape index (κ2) is 4.71. The van der Waals surface area contributed by atoms with E-state index in [2.05, 4.69) is 30.3 Å². The second-order valence-electron chi connectivity index (χ2n) is 5.32. The maximum absolute atomic E-state index is 12.5. The van der Waals surface area contributed by atoms with Gasteiger partial charge >= 0.3 is 0 Å². The van der Waals surface area contributed by atoms with Gasteiger partial charge in [-0.25, -0.2) is 0 Å². The van der Waals surface area contributed by atoms with Crippen molar-refractivity contribution >= 4 is 28.2 Å². The maximum Gasteiger partial charge on any atom is 0.167 e. The molecule has 0 atom stereocenters. The molecule has 0 aromatic heterocycles. The summed E-state index contributed by atoms with van der Waals surface area (Å²) in [5.74, 6) is 0.199. The molecule has 0 amide bonds. The van der Waals surface area contributed by atoms with Crippen LogP contribution in [0.1, 0.15) is 12.0 Å².